The van der Waals surface area contributed by atoms with Crippen LogP contribution < -0.4 is 0 Å². The van der Waals surface area contributed by atoms with Gasteiger partial charge in [0.1, 0.15) is 5.65 Å². The van der Waals surface area contributed by atoms with Gasteiger partial charge in [0.05, 0.1) is 11.7 Å². The van der Waals surface area contributed by atoms with E-state index in [-0.39, 0.29) is 0 Å². The molecule has 2 N–H and O–H groups in total. The predicted octanol–water partition coefficient (Wildman–Crippen LogP) is 5.37. The van der Waals surface area contributed by atoms with Crippen LogP contribution in [0.15, 0.2) is 49.2 Å². The fourth-order valence-corrected chi connectivity index (χ4v) is 2.95. The van der Waals surface area contributed by atoms with Crippen LogP contribution in [0.5, 0.6) is 0 Å². The molecule has 0 aliphatic carbocycles. The Morgan fingerprint density at radius 2 is 1.50 bits per heavy atom. The molecule has 4 aromatic heterocycles. The first-order chi connectivity index (χ1) is 11.6. The third kappa shape index (κ3) is 3.18. The number of aromatic nitrogens is 4. The zero-order chi connectivity index (χ0) is 17.1. The van der Waals surface area contributed by atoms with Crippen LogP contribution in [0.25, 0.3) is 21.9 Å². The molecular weight excluding hydrogens is 296 g/mol. The number of hydrogen-bond acceptors (Lipinski definition) is 2. The van der Waals surface area contributed by atoms with E-state index < -0.39 is 0 Å². The van der Waals surface area contributed by atoms with Gasteiger partial charge in [-0.25, -0.2) is 4.98 Å². The summed E-state index contributed by atoms with van der Waals surface area (Å²) in [5, 5.41) is 2.53. The number of hydrogen-bond donors (Lipinski definition) is 2. The molecule has 4 aromatic rings. The summed E-state index contributed by atoms with van der Waals surface area (Å²) in [7, 11) is 0. The fourth-order valence-electron chi connectivity index (χ4n) is 2.95. The van der Waals surface area contributed by atoms with E-state index in [4.69, 9.17) is 0 Å². The second kappa shape index (κ2) is 6.87. The summed E-state index contributed by atoms with van der Waals surface area (Å²) >= 11 is 0. The SMILES string of the molecule is CC(C)c1ccnc2[nH]ccc12.CC(C)c1cncc2[nH]ccc12. The van der Waals surface area contributed by atoms with E-state index in [0.29, 0.717) is 11.8 Å². The zero-order valence-electron chi connectivity index (χ0n) is 14.7. The summed E-state index contributed by atoms with van der Waals surface area (Å²) in [5.41, 5.74) is 4.79. The van der Waals surface area contributed by atoms with Crippen molar-refractivity contribution in [1.29, 1.82) is 0 Å². The van der Waals surface area contributed by atoms with E-state index >= 15 is 0 Å². The Balaban J connectivity index is 0.000000141. The number of nitrogens with one attached hydrogen (secondary N) is 2. The normalized spacial score (nSPS) is 11.2. The Kier molecular flexibility index (Phi) is 4.65. The molecule has 0 bridgehead atoms. The monoisotopic (exact) mass is 320 g/mol. The third-order valence-electron chi connectivity index (χ3n) is 4.25. The lowest BCUT2D eigenvalue weighted by molar-refractivity contribution is 0.869. The van der Waals surface area contributed by atoms with Crippen molar-refractivity contribution in [3.63, 3.8) is 0 Å². The average molecular weight is 320 g/mol. The number of H-pyrrole nitrogens is 2. The van der Waals surface area contributed by atoms with E-state index in [1.54, 1.807) is 0 Å². The van der Waals surface area contributed by atoms with Gasteiger partial charge in [-0.2, -0.15) is 0 Å². The Labute approximate surface area is 142 Å². The highest BCUT2D eigenvalue weighted by Crippen LogP contribution is 2.23. The molecule has 4 heterocycles. The van der Waals surface area contributed by atoms with Crippen molar-refractivity contribution < 1.29 is 0 Å². The number of nitrogens with zero attached hydrogens (tertiary/aromatic N) is 2. The second-order valence-corrected chi connectivity index (χ2v) is 6.62. The highest BCUT2D eigenvalue weighted by molar-refractivity contribution is 5.82. The zero-order valence-corrected chi connectivity index (χ0v) is 14.7. The molecule has 0 saturated heterocycles. The lowest BCUT2D eigenvalue weighted by Gasteiger charge is -2.05. The Morgan fingerprint density at radius 3 is 2.25 bits per heavy atom. The van der Waals surface area contributed by atoms with Gasteiger partial charge in [-0.3, -0.25) is 4.98 Å². The maximum Gasteiger partial charge on any atom is 0.137 e. The minimum Gasteiger partial charge on any atom is -0.360 e. The smallest absolute Gasteiger partial charge is 0.137 e. The maximum absolute atomic E-state index is 4.23. The first-order valence-electron chi connectivity index (χ1n) is 8.41. The molecule has 0 aliphatic rings. The predicted molar refractivity (Wildman–Crippen MR) is 100 cm³/mol. The highest BCUT2D eigenvalue weighted by atomic mass is 14.8. The molecule has 4 rings (SSSR count). The van der Waals surface area contributed by atoms with Crippen molar-refractivity contribution in [2.45, 2.75) is 39.5 Å². The topological polar surface area (TPSA) is 57.4 Å². The lowest BCUT2D eigenvalue weighted by atomic mass is 10.0. The van der Waals surface area contributed by atoms with Gasteiger partial charge in [0.2, 0.25) is 0 Å². The number of fused-ring (bicyclic) bond motifs is 2. The molecule has 0 spiro atoms. The first-order valence-corrected chi connectivity index (χ1v) is 8.41. The van der Waals surface area contributed by atoms with Crippen LogP contribution >= 0.6 is 0 Å². The van der Waals surface area contributed by atoms with Gasteiger partial charge in [-0.05, 0) is 41.2 Å². The summed E-state index contributed by atoms with van der Waals surface area (Å²) in [6.07, 6.45) is 9.55. The molecule has 4 nitrogen and oxygen atoms in total. The molecular formula is C20H24N4. The van der Waals surface area contributed by atoms with E-state index in [1.807, 2.05) is 31.0 Å². The average Bonchev–Trinajstić information content (AvgIpc) is 3.23. The van der Waals surface area contributed by atoms with Crippen LogP contribution in [0.1, 0.15) is 50.7 Å². The van der Waals surface area contributed by atoms with Crippen molar-refractivity contribution in [2.24, 2.45) is 0 Å². The van der Waals surface area contributed by atoms with Gasteiger partial charge >= 0.3 is 0 Å². The quantitative estimate of drug-likeness (QED) is 0.521. The molecule has 0 saturated carbocycles. The number of pyridine rings is 2. The van der Waals surface area contributed by atoms with Gasteiger partial charge < -0.3 is 9.97 Å². The van der Waals surface area contributed by atoms with Crippen molar-refractivity contribution >= 4 is 21.9 Å². The molecule has 4 heteroatoms. The van der Waals surface area contributed by atoms with Crippen molar-refractivity contribution in [1.82, 2.24) is 19.9 Å². The maximum atomic E-state index is 4.23. The molecule has 0 atom stereocenters. The van der Waals surface area contributed by atoms with Gasteiger partial charge in [0.25, 0.3) is 0 Å². The first kappa shape index (κ1) is 16.2. The summed E-state index contributed by atoms with van der Waals surface area (Å²) in [4.78, 5) is 14.7. The molecule has 0 aliphatic heterocycles. The van der Waals surface area contributed by atoms with Crippen LogP contribution in [0.3, 0.4) is 0 Å². The van der Waals surface area contributed by atoms with E-state index in [9.17, 15) is 0 Å². The van der Waals surface area contributed by atoms with E-state index in [0.717, 1.165) is 11.2 Å². The lowest BCUT2D eigenvalue weighted by Crippen LogP contribution is -1.88. The molecule has 24 heavy (non-hydrogen) atoms. The largest absolute Gasteiger partial charge is 0.360 e. The van der Waals surface area contributed by atoms with Gasteiger partial charge in [-0.15, -0.1) is 0 Å². The van der Waals surface area contributed by atoms with Crippen LogP contribution in [0, 0.1) is 0 Å². The van der Waals surface area contributed by atoms with Crippen molar-refractivity contribution in [3.8, 4) is 0 Å². The highest BCUT2D eigenvalue weighted by Gasteiger charge is 2.05. The summed E-state index contributed by atoms with van der Waals surface area (Å²) < 4.78 is 0. The summed E-state index contributed by atoms with van der Waals surface area (Å²) in [5.74, 6) is 1.10. The standard InChI is InChI=1S/2C10H12N2/c1-7(2)8-3-5-11-10-9(8)4-6-12-10;1-7(2)9-5-11-6-10-8(9)3-4-12-10/h3-7H,1-2H3,(H,11,12);3-7,12H,1-2H3. The molecule has 0 aromatic carbocycles. The number of aromatic amines is 2. The minimum atomic E-state index is 0.539. The second-order valence-electron chi connectivity index (χ2n) is 6.62. The Bertz CT molecular complexity index is 853. The minimum absolute atomic E-state index is 0.539. The van der Waals surface area contributed by atoms with Gasteiger partial charge in [0.15, 0.2) is 0 Å². The Morgan fingerprint density at radius 1 is 0.792 bits per heavy atom. The fraction of sp³-hybridized carbons (Fsp3) is 0.300. The van der Waals surface area contributed by atoms with Crippen LogP contribution in [0.2, 0.25) is 0 Å². The summed E-state index contributed by atoms with van der Waals surface area (Å²) in [6, 6.07) is 6.27. The molecule has 0 fully saturated rings. The van der Waals surface area contributed by atoms with Crippen LogP contribution in [0.4, 0.5) is 0 Å². The Hall–Kier alpha value is -2.62. The summed E-state index contributed by atoms with van der Waals surface area (Å²) in [6.45, 7) is 8.76. The van der Waals surface area contributed by atoms with E-state index in [1.165, 1.54) is 21.9 Å². The number of rotatable bonds is 2. The van der Waals surface area contributed by atoms with Crippen LogP contribution in [-0.2, 0) is 0 Å². The van der Waals surface area contributed by atoms with Gasteiger partial charge in [0, 0.05) is 35.6 Å². The molecule has 124 valence electrons. The van der Waals surface area contributed by atoms with Gasteiger partial charge in [-0.1, -0.05) is 27.7 Å². The van der Waals surface area contributed by atoms with Crippen molar-refractivity contribution in [3.05, 3.63) is 60.3 Å². The molecule has 0 radical (unpaired) electrons. The third-order valence-corrected chi connectivity index (χ3v) is 4.25. The van der Waals surface area contributed by atoms with Crippen molar-refractivity contribution in [2.75, 3.05) is 0 Å². The van der Waals surface area contributed by atoms with E-state index in [2.05, 4.69) is 65.8 Å². The molecule has 0 unspecified atom stereocenters. The molecule has 0 amide bonds. The van der Waals surface area contributed by atoms with Crippen LogP contribution in [-0.4, -0.2) is 19.9 Å².